The van der Waals surface area contributed by atoms with E-state index in [2.05, 4.69) is 10.5 Å². The van der Waals surface area contributed by atoms with E-state index in [0.29, 0.717) is 26.5 Å². The molecule has 3 rings (SSSR count). The molecule has 1 amide bonds. The van der Waals surface area contributed by atoms with Crippen LogP contribution in [0.5, 0.6) is 0 Å². The van der Waals surface area contributed by atoms with Gasteiger partial charge < -0.3 is 0 Å². The molecule has 0 saturated heterocycles. The van der Waals surface area contributed by atoms with Crippen molar-refractivity contribution in [2.75, 3.05) is 5.43 Å². The number of fused-ring (bicyclic) bond motifs is 1. The van der Waals surface area contributed by atoms with Gasteiger partial charge in [0.2, 0.25) is 5.91 Å². The number of alkyl halides is 3. The Bertz CT molecular complexity index is 1050. The molecule has 1 heterocycles. The molecule has 5 nitrogen and oxygen atoms in total. The first-order chi connectivity index (χ1) is 12.7. The predicted octanol–water partition coefficient (Wildman–Crippen LogP) is 4.13. The van der Waals surface area contributed by atoms with Gasteiger partial charge in [0, 0.05) is 22.4 Å². The molecule has 0 saturated carbocycles. The molecule has 0 atom stereocenters. The van der Waals surface area contributed by atoms with Crippen molar-refractivity contribution in [2.24, 2.45) is 0 Å². The Kier molecular flexibility index (Phi) is 5.18. The van der Waals surface area contributed by atoms with E-state index < -0.39 is 30.5 Å². The summed E-state index contributed by atoms with van der Waals surface area (Å²) < 4.78 is 36.9. The van der Waals surface area contributed by atoms with Crippen LogP contribution in [-0.2, 0) is 4.79 Å². The van der Waals surface area contributed by atoms with Gasteiger partial charge in [0.05, 0.1) is 11.8 Å². The van der Waals surface area contributed by atoms with E-state index in [4.69, 9.17) is 11.6 Å². The number of aromatic nitrogens is 2. The molecule has 0 spiro atoms. The lowest BCUT2D eigenvalue weighted by Crippen LogP contribution is -2.36. The van der Waals surface area contributed by atoms with Gasteiger partial charge in [-0.05, 0) is 18.2 Å². The van der Waals surface area contributed by atoms with E-state index in [-0.39, 0.29) is 5.39 Å². The Hall–Kier alpha value is -2.87. The van der Waals surface area contributed by atoms with Gasteiger partial charge in [0.1, 0.15) is 5.69 Å². The quantitative estimate of drug-likeness (QED) is 0.722. The van der Waals surface area contributed by atoms with Crippen LogP contribution in [0.4, 0.5) is 13.2 Å². The summed E-state index contributed by atoms with van der Waals surface area (Å²) in [5.74, 6) is -0.959. The summed E-state index contributed by atoms with van der Waals surface area (Å²) in [7, 11) is 0. The Morgan fingerprint density at radius 2 is 1.70 bits per heavy atom. The Balaban J connectivity index is 2.03. The number of carbonyl (C=O) groups excluding carboxylic acids is 1. The third-order valence-electron chi connectivity index (χ3n) is 3.79. The second-order valence-corrected chi connectivity index (χ2v) is 6.20. The standard InChI is InChI=1S/C18H13ClF3N3O2/c19-12-7-5-11(6-8-12)16-13-3-1-2-4-14(13)17(27)25(24-16)23-15(26)9-10-18(20,21)22/h1-8H,9-10H2,(H,23,26). The van der Waals surface area contributed by atoms with Crippen molar-refractivity contribution < 1.29 is 18.0 Å². The maximum absolute atomic E-state index is 12.5. The third-order valence-corrected chi connectivity index (χ3v) is 4.04. The van der Waals surface area contributed by atoms with Crippen LogP contribution in [0.1, 0.15) is 12.8 Å². The fourth-order valence-corrected chi connectivity index (χ4v) is 2.64. The number of halogens is 4. The number of nitrogens with one attached hydrogen (secondary N) is 1. The topological polar surface area (TPSA) is 64.0 Å². The van der Waals surface area contributed by atoms with Crippen molar-refractivity contribution in [2.45, 2.75) is 19.0 Å². The monoisotopic (exact) mass is 395 g/mol. The van der Waals surface area contributed by atoms with Crippen molar-refractivity contribution in [1.29, 1.82) is 0 Å². The summed E-state index contributed by atoms with van der Waals surface area (Å²) in [5.41, 5.74) is 2.51. The molecule has 0 aliphatic heterocycles. The highest BCUT2D eigenvalue weighted by Gasteiger charge is 2.28. The van der Waals surface area contributed by atoms with Crippen LogP contribution in [0.15, 0.2) is 53.3 Å². The molecule has 1 aromatic heterocycles. The number of carbonyl (C=O) groups is 1. The zero-order valence-electron chi connectivity index (χ0n) is 13.8. The minimum Gasteiger partial charge on any atom is -0.273 e. The molecule has 0 fully saturated rings. The lowest BCUT2D eigenvalue weighted by atomic mass is 10.1. The van der Waals surface area contributed by atoms with Gasteiger partial charge in [-0.2, -0.15) is 13.2 Å². The molecule has 0 radical (unpaired) electrons. The highest BCUT2D eigenvalue weighted by atomic mass is 35.5. The van der Waals surface area contributed by atoms with Gasteiger partial charge in [-0.25, -0.2) is 5.43 Å². The molecule has 0 aliphatic rings. The van der Waals surface area contributed by atoms with E-state index >= 15 is 0 Å². The van der Waals surface area contributed by atoms with Crippen LogP contribution in [-0.4, -0.2) is 22.0 Å². The molecular formula is C18H13ClF3N3O2. The SMILES string of the molecule is O=C(CCC(F)(F)F)Nn1nc(-c2ccc(Cl)cc2)c2ccccc2c1=O. The van der Waals surface area contributed by atoms with Gasteiger partial charge in [0.15, 0.2) is 0 Å². The summed E-state index contributed by atoms with van der Waals surface area (Å²) in [6.07, 6.45) is -6.56. The van der Waals surface area contributed by atoms with Gasteiger partial charge in [0.25, 0.3) is 5.56 Å². The number of rotatable bonds is 4. The zero-order chi connectivity index (χ0) is 19.6. The Labute approximate surface area is 156 Å². The van der Waals surface area contributed by atoms with Crippen LogP contribution < -0.4 is 11.0 Å². The Morgan fingerprint density at radius 3 is 2.33 bits per heavy atom. The summed E-state index contributed by atoms with van der Waals surface area (Å²) in [4.78, 5) is 25.0. The molecule has 9 heteroatoms. The second-order valence-electron chi connectivity index (χ2n) is 5.77. The zero-order valence-corrected chi connectivity index (χ0v) is 14.5. The molecule has 27 heavy (non-hydrogen) atoms. The molecule has 0 aliphatic carbocycles. The first kappa shape index (κ1) is 18.9. The number of hydrogen-bond donors (Lipinski definition) is 1. The summed E-state index contributed by atoms with van der Waals surface area (Å²) in [6.45, 7) is 0. The molecular weight excluding hydrogens is 383 g/mol. The minimum absolute atomic E-state index is 0.272. The predicted molar refractivity (Wildman–Crippen MR) is 96.1 cm³/mol. The van der Waals surface area contributed by atoms with Crippen LogP contribution in [0, 0.1) is 0 Å². The lowest BCUT2D eigenvalue weighted by molar-refractivity contribution is -0.142. The maximum Gasteiger partial charge on any atom is 0.389 e. The maximum atomic E-state index is 12.5. The molecule has 3 aromatic rings. The van der Waals surface area contributed by atoms with Gasteiger partial charge in [-0.1, -0.05) is 41.9 Å². The third kappa shape index (κ3) is 4.46. The molecule has 0 bridgehead atoms. The minimum atomic E-state index is -4.46. The lowest BCUT2D eigenvalue weighted by Gasteiger charge is -2.12. The molecule has 1 N–H and O–H groups in total. The number of nitrogens with zero attached hydrogens (tertiary/aromatic N) is 2. The van der Waals surface area contributed by atoms with Crippen LogP contribution in [0.2, 0.25) is 5.02 Å². The van der Waals surface area contributed by atoms with Crippen molar-refractivity contribution in [3.63, 3.8) is 0 Å². The first-order valence-electron chi connectivity index (χ1n) is 7.89. The summed E-state index contributed by atoms with van der Waals surface area (Å²) >= 11 is 5.89. The average Bonchev–Trinajstić information content (AvgIpc) is 2.63. The average molecular weight is 396 g/mol. The molecule has 140 valence electrons. The highest BCUT2D eigenvalue weighted by molar-refractivity contribution is 6.30. The fourth-order valence-electron chi connectivity index (χ4n) is 2.52. The second kappa shape index (κ2) is 7.40. The van der Waals surface area contributed by atoms with E-state index in [1.54, 1.807) is 48.5 Å². The number of hydrogen-bond acceptors (Lipinski definition) is 3. The van der Waals surface area contributed by atoms with Crippen molar-refractivity contribution in [3.05, 3.63) is 63.9 Å². The molecule has 0 unspecified atom stereocenters. The van der Waals surface area contributed by atoms with E-state index in [1.807, 2.05) is 0 Å². The van der Waals surface area contributed by atoms with Crippen molar-refractivity contribution in [1.82, 2.24) is 9.89 Å². The van der Waals surface area contributed by atoms with Crippen LogP contribution in [0.3, 0.4) is 0 Å². The van der Waals surface area contributed by atoms with Crippen molar-refractivity contribution >= 4 is 28.3 Å². The highest BCUT2D eigenvalue weighted by Crippen LogP contribution is 2.26. The fraction of sp³-hybridized carbons (Fsp3) is 0.167. The molecule has 2 aromatic carbocycles. The van der Waals surface area contributed by atoms with E-state index in [1.165, 1.54) is 0 Å². The smallest absolute Gasteiger partial charge is 0.273 e. The number of amides is 1. The van der Waals surface area contributed by atoms with Crippen LogP contribution in [0.25, 0.3) is 22.0 Å². The normalized spacial score (nSPS) is 11.6. The van der Waals surface area contributed by atoms with Gasteiger partial charge in [-0.3, -0.25) is 9.59 Å². The Morgan fingerprint density at radius 1 is 1.07 bits per heavy atom. The summed E-state index contributed by atoms with van der Waals surface area (Å²) in [6, 6.07) is 13.3. The van der Waals surface area contributed by atoms with E-state index in [9.17, 15) is 22.8 Å². The largest absolute Gasteiger partial charge is 0.389 e. The van der Waals surface area contributed by atoms with E-state index in [0.717, 1.165) is 0 Å². The summed E-state index contributed by atoms with van der Waals surface area (Å²) in [5, 5.41) is 5.46. The van der Waals surface area contributed by atoms with Gasteiger partial charge >= 0.3 is 6.18 Å². The van der Waals surface area contributed by atoms with Gasteiger partial charge in [-0.15, -0.1) is 9.89 Å². The first-order valence-corrected chi connectivity index (χ1v) is 8.27. The number of benzene rings is 2. The van der Waals surface area contributed by atoms with Crippen molar-refractivity contribution in [3.8, 4) is 11.3 Å². The van der Waals surface area contributed by atoms with Crippen LogP contribution >= 0.6 is 11.6 Å².